The summed E-state index contributed by atoms with van der Waals surface area (Å²) in [5.41, 5.74) is 3.52. The van der Waals surface area contributed by atoms with Gasteiger partial charge in [-0.3, -0.25) is 0 Å². The van der Waals surface area contributed by atoms with Crippen LogP contribution < -0.4 is 0 Å². The largest absolute Gasteiger partial charge is 0.0616 e. The monoisotopic (exact) mass is 348 g/mol. The summed E-state index contributed by atoms with van der Waals surface area (Å²) >= 11 is 0. The molecule has 0 nitrogen and oxygen atoms in total. The van der Waals surface area contributed by atoms with Gasteiger partial charge in [-0.15, -0.1) is 0 Å². The Morgan fingerprint density at radius 1 is 0.500 bits per heavy atom. The standard InChI is InChI=1S/C11H16.C10H8.C5H12/c1-9-5-7-10(8-6-9)11(2,3)4;1-2-6-10-8-4-3-7-9(10)5-1;1-5(2,3)4/h5-8H,1-4H3;1-8H;1-4H3. The van der Waals surface area contributed by atoms with Crippen molar-refractivity contribution < 1.29 is 0 Å². The Balaban J connectivity index is 0.000000209. The average Bonchev–Trinajstić information content (AvgIpc) is 2.54. The lowest BCUT2D eigenvalue weighted by atomic mass is 9.87. The molecule has 0 radical (unpaired) electrons. The molecule has 0 N–H and O–H groups in total. The van der Waals surface area contributed by atoms with Crippen LogP contribution in [0.4, 0.5) is 0 Å². The van der Waals surface area contributed by atoms with Gasteiger partial charge in [0.15, 0.2) is 0 Å². The van der Waals surface area contributed by atoms with Gasteiger partial charge in [-0.2, -0.15) is 0 Å². The number of rotatable bonds is 0. The third-order valence-corrected chi connectivity index (χ3v) is 3.58. The maximum atomic E-state index is 2.23. The SMILES string of the molecule is CC(C)(C)C.Cc1ccc(C(C)(C)C)cc1.c1ccc2ccccc2c1. The van der Waals surface area contributed by atoms with Crippen LogP contribution in [0.3, 0.4) is 0 Å². The van der Waals surface area contributed by atoms with Crippen LogP contribution in [0.15, 0.2) is 72.8 Å². The van der Waals surface area contributed by atoms with Gasteiger partial charge in [-0.25, -0.2) is 0 Å². The molecule has 0 amide bonds. The maximum Gasteiger partial charge on any atom is -0.0132 e. The highest BCUT2D eigenvalue weighted by molar-refractivity contribution is 5.81. The number of aryl methyl sites for hydroxylation is 1. The molecule has 0 bridgehead atoms. The fraction of sp³-hybridized carbons (Fsp3) is 0.385. The molecular weight excluding hydrogens is 312 g/mol. The molecule has 3 rings (SSSR count). The molecule has 0 unspecified atom stereocenters. The van der Waals surface area contributed by atoms with E-state index in [9.17, 15) is 0 Å². The number of hydrogen-bond donors (Lipinski definition) is 0. The van der Waals surface area contributed by atoms with Gasteiger partial charge in [0.05, 0.1) is 0 Å². The van der Waals surface area contributed by atoms with E-state index in [0.717, 1.165) is 0 Å². The molecule has 0 fully saturated rings. The van der Waals surface area contributed by atoms with Crippen molar-refractivity contribution in [2.75, 3.05) is 0 Å². The maximum absolute atomic E-state index is 2.23. The molecule has 0 aliphatic heterocycles. The summed E-state index contributed by atoms with van der Waals surface area (Å²) in [6.07, 6.45) is 0. The Morgan fingerprint density at radius 3 is 1.08 bits per heavy atom. The predicted molar refractivity (Wildman–Crippen MR) is 119 cm³/mol. The minimum Gasteiger partial charge on any atom is -0.0616 e. The van der Waals surface area contributed by atoms with E-state index in [2.05, 4.69) is 128 Å². The van der Waals surface area contributed by atoms with Gasteiger partial charge in [0.1, 0.15) is 0 Å². The lowest BCUT2D eigenvalue weighted by Crippen LogP contribution is -2.10. The molecule has 0 heteroatoms. The zero-order chi connectivity index (χ0) is 19.8. The van der Waals surface area contributed by atoms with Crippen molar-refractivity contribution >= 4 is 10.8 Å². The molecule has 0 atom stereocenters. The summed E-state index contributed by atoms with van der Waals surface area (Å²) in [6, 6.07) is 25.5. The lowest BCUT2D eigenvalue weighted by Gasteiger charge is -2.18. The highest BCUT2D eigenvalue weighted by atomic mass is 14.2. The highest BCUT2D eigenvalue weighted by Gasteiger charge is 2.11. The third kappa shape index (κ3) is 9.42. The zero-order valence-electron chi connectivity index (χ0n) is 17.9. The van der Waals surface area contributed by atoms with E-state index in [1.807, 2.05) is 0 Å². The van der Waals surface area contributed by atoms with Crippen molar-refractivity contribution in [1.82, 2.24) is 0 Å². The number of hydrogen-bond acceptors (Lipinski definition) is 0. The van der Waals surface area contributed by atoms with Crippen LogP contribution in [0.1, 0.15) is 59.6 Å². The molecular formula is C26H36. The first-order chi connectivity index (χ1) is 12.0. The van der Waals surface area contributed by atoms with Gasteiger partial charge < -0.3 is 0 Å². The Kier molecular flexibility index (Phi) is 8.08. The fourth-order valence-corrected chi connectivity index (χ4v) is 2.19. The molecule has 26 heavy (non-hydrogen) atoms. The van der Waals surface area contributed by atoms with E-state index in [1.165, 1.54) is 21.9 Å². The molecule has 0 heterocycles. The smallest absolute Gasteiger partial charge is 0.0132 e. The second kappa shape index (κ2) is 9.57. The Hall–Kier alpha value is -2.08. The molecule has 0 aliphatic rings. The molecule has 0 saturated heterocycles. The topological polar surface area (TPSA) is 0 Å². The summed E-state index contributed by atoms with van der Waals surface area (Å²) in [7, 11) is 0. The minimum absolute atomic E-state index is 0.285. The summed E-state index contributed by atoms with van der Waals surface area (Å²) in [4.78, 5) is 0. The van der Waals surface area contributed by atoms with Crippen LogP contribution in [-0.2, 0) is 5.41 Å². The first kappa shape index (κ1) is 22.0. The van der Waals surface area contributed by atoms with Crippen LogP contribution in [0.5, 0.6) is 0 Å². The molecule has 140 valence electrons. The van der Waals surface area contributed by atoms with Gasteiger partial charge in [-0.1, -0.05) is 127 Å². The van der Waals surface area contributed by atoms with E-state index >= 15 is 0 Å². The lowest BCUT2D eigenvalue weighted by molar-refractivity contribution is 0.469. The first-order valence-corrected chi connectivity index (χ1v) is 9.48. The van der Waals surface area contributed by atoms with Gasteiger partial charge in [0.2, 0.25) is 0 Å². The molecule has 0 saturated carbocycles. The van der Waals surface area contributed by atoms with Crippen LogP contribution in [-0.4, -0.2) is 0 Å². The summed E-state index contributed by atoms with van der Waals surface area (Å²) in [6.45, 7) is 17.6. The van der Waals surface area contributed by atoms with Crippen molar-refractivity contribution in [3.63, 3.8) is 0 Å². The first-order valence-electron chi connectivity index (χ1n) is 9.48. The molecule has 0 aliphatic carbocycles. The van der Waals surface area contributed by atoms with Crippen molar-refractivity contribution in [2.24, 2.45) is 5.41 Å². The van der Waals surface area contributed by atoms with Crippen molar-refractivity contribution in [1.29, 1.82) is 0 Å². The van der Waals surface area contributed by atoms with Crippen molar-refractivity contribution in [3.8, 4) is 0 Å². The highest BCUT2D eigenvalue weighted by Crippen LogP contribution is 2.21. The van der Waals surface area contributed by atoms with Crippen LogP contribution >= 0.6 is 0 Å². The normalized spacial score (nSPS) is 11.1. The average molecular weight is 349 g/mol. The van der Waals surface area contributed by atoms with Gasteiger partial charge in [0, 0.05) is 0 Å². The second-order valence-electron chi connectivity index (χ2n) is 9.46. The predicted octanol–water partition coefficient (Wildman–Crippen LogP) is 8.18. The van der Waals surface area contributed by atoms with Crippen molar-refractivity contribution in [3.05, 3.63) is 83.9 Å². The Labute approximate surface area is 161 Å². The van der Waals surface area contributed by atoms with Gasteiger partial charge in [0.25, 0.3) is 0 Å². The summed E-state index contributed by atoms with van der Waals surface area (Å²) in [5.74, 6) is 0. The summed E-state index contributed by atoms with van der Waals surface area (Å²) in [5, 5.41) is 2.62. The van der Waals surface area contributed by atoms with E-state index < -0.39 is 0 Å². The fourth-order valence-electron chi connectivity index (χ4n) is 2.19. The molecule has 0 spiro atoms. The minimum atomic E-state index is 0.285. The van der Waals surface area contributed by atoms with E-state index in [1.54, 1.807) is 0 Å². The molecule has 0 aromatic heterocycles. The van der Waals surface area contributed by atoms with E-state index in [-0.39, 0.29) is 5.41 Å². The number of fused-ring (bicyclic) bond motifs is 1. The quantitative estimate of drug-likeness (QED) is 0.384. The van der Waals surface area contributed by atoms with Crippen LogP contribution in [0.25, 0.3) is 10.8 Å². The van der Waals surface area contributed by atoms with Crippen LogP contribution in [0, 0.1) is 12.3 Å². The Bertz CT molecular complexity index is 694. The van der Waals surface area contributed by atoms with Gasteiger partial charge >= 0.3 is 0 Å². The van der Waals surface area contributed by atoms with Crippen molar-refractivity contribution in [2.45, 2.75) is 60.8 Å². The summed E-state index contributed by atoms with van der Waals surface area (Å²) < 4.78 is 0. The molecule has 3 aromatic carbocycles. The Morgan fingerprint density at radius 2 is 0.808 bits per heavy atom. The van der Waals surface area contributed by atoms with Crippen LogP contribution in [0.2, 0.25) is 0 Å². The third-order valence-electron chi connectivity index (χ3n) is 3.58. The van der Waals surface area contributed by atoms with E-state index in [4.69, 9.17) is 0 Å². The van der Waals surface area contributed by atoms with Gasteiger partial charge in [-0.05, 0) is 34.1 Å². The number of benzene rings is 3. The second-order valence-corrected chi connectivity index (χ2v) is 9.46. The molecule has 3 aromatic rings. The zero-order valence-corrected chi connectivity index (χ0v) is 17.9. The van der Waals surface area contributed by atoms with E-state index in [0.29, 0.717) is 5.41 Å².